The third-order valence-electron chi connectivity index (χ3n) is 3.21. The minimum absolute atomic E-state index is 0.0424. The van der Waals surface area contributed by atoms with Crippen LogP contribution in [0.2, 0.25) is 0 Å². The van der Waals surface area contributed by atoms with E-state index in [1.165, 1.54) is 0 Å². The Morgan fingerprint density at radius 3 is 2.71 bits per heavy atom. The summed E-state index contributed by atoms with van der Waals surface area (Å²) in [6.45, 7) is 2.06. The summed E-state index contributed by atoms with van der Waals surface area (Å²) >= 11 is 0. The Morgan fingerprint density at radius 1 is 1.41 bits per heavy atom. The molecule has 17 heavy (non-hydrogen) atoms. The van der Waals surface area contributed by atoms with Crippen molar-refractivity contribution in [2.24, 2.45) is 5.92 Å². The number of esters is 1. The highest BCUT2D eigenvalue weighted by Gasteiger charge is 2.29. The second kappa shape index (κ2) is 7.63. The van der Waals surface area contributed by atoms with E-state index in [1.54, 1.807) is 0 Å². The molecule has 3 N–H and O–H groups in total. The number of rotatable bonds is 6. The van der Waals surface area contributed by atoms with Gasteiger partial charge in [0, 0.05) is 6.04 Å². The maximum absolute atomic E-state index is 11.6. The van der Waals surface area contributed by atoms with Crippen LogP contribution in [0.4, 0.5) is 0 Å². The second-order valence-corrected chi connectivity index (χ2v) is 4.54. The standard InChI is InChI=1S/C12H23NO4/c1-2-17-12(16)9-4-3-5-10(6-9)13-11(7-14)8-15/h9-11,13-15H,2-8H2,1H3. The molecule has 0 bridgehead atoms. The third kappa shape index (κ3) is 4.61. The zero-order chi connectivity index (χ0) is 12.7. The topological polar surface area (TPSA) is 78.8 Å². The molecule has 5 heteroatoms. The molecular formula is C12H23NO4. The lowest BCUT2D eigenvalue weighted by molar-refractivity contribution is -0.149. The first-order valence-electron chi connectivity index (χ1n) is 6.35. The molecule has 100 valence electrons. The molecule has 0 saturated heterocycles. The largest absolute Gasteiger partial charge is 0.466 e. The van der Waals surface area contributed by atoms with Gasteiger partial charge in [0.15, 0.2) is 0 Å². The van der Waals surface area contributed by atoms with E-state index in [2.05, 4.69) is 5.32 Å². The summed E-state index contributed by atoms with van der Waals surface area (Å²) in [4.78, 5) is 11.6. The minimum Gasteiger partial charge on any atom is -0.466 e. The van der Waals surface area contributed by atoms with Crippen molar-refractivity contribution in [3.05, 3.63) is 0 Å². The van der Waals surface area contributed by atoms with Crippen LogP contribution in [0.1, 0.15) is 32.6 Å². The molecule has 0 heterocycles. The monoisotopic (exact) mass is 245 g/mol. The SMILES string of the molecule is CCOC(=O)C1CCCC(NC(CO)CO)C1. The van der Waals surface area contributed by atoms with Crippen LogP contribution in [0.5, 0.6) is 0 Å². The maximum Gasteiger partial charge on any atom is 0.308 e. The van der Waals surface area contributed by atoms with E-state index in [-0.39, 0.29) is 37.2 Å². The van der Waals surface area contributed by atoms with E-state index < -0.39 is 0 Å². The van der Waals surface area contributed by atoms with Crippen molar-refractivity contribution in [2.45, 2.75) is 44.7 Å². The van der Waals surface area contributed by atoms with Crippen molar-refractivity contribution in [3.63, 3.8) is 0 Å². The molecule has 1 aliphatic rings. The lowest BCUT2D eigenvalue weighted by atomic mass is 9.85. The molecule has 0 aliphatic heterocycles. The Kier molecular flexibility index (Phi) is 6.47. The fourth-order valence-electron chi connectivity index (χ4n) is 2.31. The molecule has 2 unspecified atom stereocenters. The van der Waals surface area contributed by atoms with Gasteiger partial charge < -0.3 is 20.3 Å². The summed E-state index contributed by atoms with van der Waals surface area (Å²) in [6, 6.07) is -0.108. The van der Waals surface area contributed by atoms with Crippen LogP contribution >= 0.6 is 0 Å². The van der Waals surface area contributed by atoms with Crippen LogP contribution < -0.4 is 5.32 Å². The predicted octanol–water partition coefficient (Wildman–Crippen LogP) is 0.0511. The predicted molar refractivity (Wildman–Crippen MR) is 63.5 cm³/mol. The summed E-state index contributed by atoms with van der Waals surface area (Å²) in [6.07, 6.45) is 3.56. The van der Waals surface area contributed by atoms with Gasteiger partial charge in [-0.1, -0.05) is 6.42 Å². The van der Waals surface area contributed by atoms with Crippen molar-refractivity contribution in [1.82, 2.24) is 5.32 Å². The molecule has 5 nitrogen and oxygen atoms in total. The van der Waals surface area contributed by atoms with Crippen molar-refractivity contribution in [3.8, 4) is 0 Å². The fourth-order valence-corrected chi connectivity index (χ4v) is 2.31. The molecule has 0 aromatic carbocycles. The molecule has 1 aliphatic carbocycles. The highest BCUT2D eigenvalue weighted by molar-refractivity contribution is 5.72. The summed E-state index contributed by atoms with van der Waals surface area (Å²) in [5.41, 5.74) is 0. The Labute approximate surface area is 102 Å². The lowest BCUT2D eigenvalue weighted by Crippen LogP contribution is -2.45. The van der Waals surface area contributed by atoms with Gasteiger partial charge in [-0.05, 0) is 26.2 Å². The Bertz CT molecular complexity index is 231. The van der Waals surface area contributed by atoms with E-state index >= 15 is 0 Å². The Hall–Kier alpha value is -0.650. The van der Waals surface area contributed by atoms with Gasteiger partial charge in [-0.25, -0.2) is 0 Å². The number of ether oxygens (including phenoxy) is 1. The van der Waals surface area contributed by atoms with Crippen LogP contribution in [-0.2, 0) is 9.53 Å². The molecule has 0 aromatic rings. The summed E-state index contributed by atoms with van der Waals surface area (Å²) in [5.74, 6) is -0.164. The first-order chi connectivity index (χ1) is 8.21. The Morgan fingerprint density at radius 2 is 2.12 bits per heavy atom. The van der Waals surface area contributed by atoms with Gasteiger partial charge in [0.25, 0.3) is 0 Å². The van der Waals surface area contributed by atoms with Gasteiger partial charge in [-0.3, -0.25) is 4.79 Å². The smallest absolute Gasteiger partial charge is 0.308 e. The number of carbonyl (C=O) groups excluding carboxylic acids is 1. The van der Waals surface area contributed by atoms with Gasteiger partial charge in [0.2, 0.25) is 0 Å². The van der Waals surface area contributed by atoms with Crippen LogP contribution in [0.15, 0.2) is 0 Å². The summed E-state index contributed by atoms with van der Waals surface area (Å²) < 4.78 is 5.02. The van der Waals surface area contributed by atoms with Crippen molar-refractivity contribution in [2.75, 3.05) is 19.8 Å². The van der Waals surface area contributed by atoms with E-state index in [0.717, 1.165) is 25.7 Å². The highest BCUT2D eigenvalue weighted by Crippen LogP contribution is 2.25. The maximum atomic E-state index is 11.6. The minimum atomic E-state index is -0.291. The summed E-state index contributed by atoms with van der Waals surface area (Å²) in [5, 5.41) is 21.2. The molecule has 1 saturated carbocycles. The number of hydrogen-bond donors (Lipinski definition) is 3. The van der Waals surface area contributed by atoms with Gasteiger partial charge in [0.1, 0.15) is 0 Å². The molecule has 1 fully saturated rings. The van der Waals surface area contributed by atoms with Crippen molar-refractivity contribution >= 4 is 5.97 Å². The molecule has 0 amide bonds. The second-order valence-electron chi connectivity index (χ2n) is 4.54. The zero-order valence-corrected chi connectivity index (χ0v) is 10.4. The normalized spacial score (nSPS) is 24.9. The quantitative estimate of drug-likeness (QED) is 0.576. The molecule has 2 atom stereocenters. The first-order valence-corrected chi connectivity index (χ1v) is 6.35. The van der Waals surface area contributed by atoms with Crippen LogP contribution in [0.3, 0.4) is 0 Å². The fraction of sp³-hybridized carbons (Fsp3) is 0.917. The average Bonchev–Trinajstić information content (AvgIpc) is 2.36. The number of carbonyl (C=O) groups is 1. The van der Waals surface area contributed by atoms with E-state index in [9.17, 15) is 4.79 Å². The molecular weight excluding hydrogens is 222 g/mol. The number of nitrogens with one attached hydrogen (secondary N) is 1. The molecule has 0 aromatic heterocycles. The highest BCUT2D eigenvalue weighted by atomic mass is 16.5. The number of aliphatic hydroxyl groups excluding tert-OH is 2. The Balaban J connectivity index is 2.40. The molecule has 0 radical (unpaired) electrons. The van der Waals surface area contributed by atoms with Gasteiger partial charge >= 0.3 is 5.97 Å². The molecule has 0 spiro atoms. The van der Waals surface area contributed by atoms with Crippen LogP contribution in [-0.4, -0.2) is 48.1 Å². The van der Waals surface area contributed by atoms with E-state index in [0.29, 0.717) is 6.61 Å². The van der Waals surface area contributed by atoms with Crippen molar-refractivity contribution < 1.29 is 19.7 Å². The van der Waals surface area contributed by atoms with Crippen molar-refractivity contribution in [1.29, 1.82) is 0 Å². The number of aliphatic hydroxyl groups is 2. The first kappa shape index (κ1) is 14.4. The summed E-state index contributed by atoms with van der Waals surface area (Å²) in [7, 11) is 0. The molecule has 1 rings (SSSR count). The average molecular weight is 245 g/mol. The van der Waals surface area contributed by atoms with Crippen LogP contribution in [0, 0.1) is 5.92 Å². The number of hydrogen-bond acceptors (Lipinski definition) is 5. The van der Waals surface area contributed by atoms with Gasteiger partial charge in [-0.2, -0.15) is 0 Å². The van der Waals surface area contributed by atoms with Gasteiger partial charge in [0.05, 0.1) is 31.8 Å². The van der Waals surface area contributed by atoms with E-state index in [4.69, 9.17) is 14.9 Å². The van der Waals surface area contributed by atoms with Gasteiger partial charge in [-0.15, -0.1) is 0 Å². The van der Waals surface area contributed by atoms with E-state index in [1.807, 2.05) is 6.92 Å². The third-order valence-corrected chi connectivity index (χ3v) is 3.21. The zero-order valence-electron chi connectivity index (χ0n) is 10.4. The van der Waals surface area contributed by atoms with Crippen LogP contribution in [0.25, 0.3) is 0 Å². The lowest BCUT2D eigenvalue weighted by Gasteiger charge is -2.30.